The van der Waals surface area contributed by atoms with Crippen molar-refractivity contribution in [2.75, 3.05) is 6.61 Å². The van der Waals surface area contributed by atoms with Gasteiger partial charge in [0, 0.05) is 0 Å². The number of hydrogen-bond donors (Lipinski definition) is 1. The van der Waals surface area contributed by atoms with Crippen molar-refractivity contribution in [3.05, 3.63) is 76.8 Å². The normalized spacial score (nSPS) is 11.8. The third-order valence-corrected chi connectivity index (χ3v) is 4.68. The first kappa shape index (κ1) is 19.2. The minimum absolute atomic E-state index is 0.137. The van der Waals surface area contributed by atoms with Gasteiger partial charge in [0.1, 0.15) is 23.4 Å². The highest BCUT2D eigenvalue weighted by Crippen LogP contribution is 2.31. The Labute approximate surface area is 167 Å². The van der Waals surface area contributed by atoms with Crippen molar-refractivity contribution < 1.29 is 9.53 Å². The summed E-state index contributed by atoms with van der Waals surface area (Å²) >= 11 is 12.0. The molecule has 3 aromatic rings. The van der Waals surface area contributed by atoms with Crippen molar-refractivity contribution in [2.45, 2.75) is 19.0 Å². The van der Waals surface area contributed by atoms with Crippen LogP contribution < -0.4 is 10.1 Å². The van der Waals surface area contributed by atoms with Gasteiger partial charge in [0.2, 0.25) is 5.91 Å². The number of amides is 1. The molecule has 3 rings (SSSR count). The Bertz CT molecular complexity index is 873. The van der Waals surface area contributed by atoms with Gasteiger partial charge >= 0.3 is 0 Å². The number of aromatic nitrogens is 3. The van der Waals surface area contributed by atoms with E-state index in [1.54, 1.807) is 29.2 Å². The predicted octanol–water partition coefficient (Wildman–Crippen LogP) is 3.91. The third kappa shape index (κ3) is 5.45. The molecule has 1 N–H and O–H groups in total. The molecule has 0 aliphatic heterocycles. The zero-order valence-electron chi connectivity index (χ0n) is 14.4. The van der Waals surface area contributed by atoms with Crippen LogP contribution in [0.4, 0.5) is 0 Å². The molecule has 0 saturated carbocycles. The third-order valence-electron chi connectivity index (χ3n) is 3.88. The molecule has 8 heteroatoms. The zero-order valence-corrected chi connectivity index (χ0v) is 15.9. The first-order valence-corrected chi connectivity index (χ1v) is 9.12. The topological polar surface area (TPSA) is 69.0 Å². The molecular weight excluding hydrogens is 387 g/mol. The standard InChI is InChI=1S/C19H18Cl2N4O2/c20-15-7-4-8-17(19(15)21)27-10-9-18(26)24-16(11-25-13-22-12-23-25)14-5-2-1-3-6-14/h1-8,12-13,16H,9-11H2,(H,24,26). The second kappa shape index (κ2) is 9.39. The van der Waals surface area contributed by atoms with Crippen molar-refractivity contribution >= 4 is 29.1 Å². The fourth-order valence-electron chi connectivity index (χ4n) is 2.55. The molecule has 0 aliphatic carbocycles. The van der Waals surface area contributed by atoms with Crippen LogP contribution in [-0.2, 0) is 11.3 Å². The first-order valence-electron chi connectivity index (χ1n) is 8.37. The summed E-state index contributed by atoms with van der Waals surface area (Å²) in [6.45, 7) is 0.674. The van der Waals surface area contributed by atoms with Gasteiger partial charge in [-0.2, -0.15) is 5.10 Å². The van der Waals surface area contributed by atoms with Crippen molar-refractivity contribution in [2.24, 2.45) is 0 Å². The van der Waals surface area contributed by atoms with E-state index >= 15 is 0 Å². The average Bonchev–Trinajstić information content (AvgIpc) is 3.18. The lowest BCUT2D eigenvalue weighted by Crippen LogP contribution is -2.32. The monoisotopic (exact) mass is 404 g/mol. The van der Waals surface area contributed by atoms with E-state index in [1.807, 2.05) is 30.3 Å². The molecule has 0 aliphatic rings. The summed E-state index contributed by atoms with van der Waals surface area (Å²) in [5, 5.41) is 7.88. The quantitative estimate of drug-likeness (QED) is 0.617. The molecule has 1 amide bonds. The number of carbonyl (C=O) groups is 1. The van der Waals surface area contributed by atoms with Crippen molar-refractivity contribution in [3.63, 3.8) is 0 Å². The highest BCUT2D eigenvalue weighted by molar-refractivity contribution is 6.42. The van der Waals surface area contributed by atoms with Gasteiger partial charge in [0.25, 0.3) is 0 Å². The minimum atomic E-state index is -0.227. The van der Waals surface area contributed by atoms with Crippen LogP contribution in [0.5, 0.6) is 5.75 Å². The second-order valence-electron chi connectivity index (χ2n) is 5.80. The maximum absolute atomic E-state index is 12.4. The molecular formula is C19H18Cl2N4O2. The predicted molar refractivity (Wildman–Crippen MR) is 104 cm³/mol. The van der Waals surface area contributed by atoms with Crippen LogP contribution in [0.2, 0.25) is 10.0 Å². The molecule has 27 heavy (non-hydrogen) atoms. The lowest BCUT2D eigenvalue weighted by molar-refractivity contribution is -0.122. The van der Waals surface area contributed by atoms with Crippen molar-refractivity contribution in [3.8, 4) is 5.75 Å². The van der Waals surface area contributed by atoms with E-state index in [4.69, 9.17) is 27.9 Å². The first-order chi connectivity index (χ1) is 13.1. The zero-order chi connectivity index (χ0) is 19.1. The van der Waals surface area contributed by atoms with Gasteiger partial charge in [-0.25, -0.2) is 4.98 Å². The molecule has 0 radical (unpaired) electrons. The molecule has 0 spiro atoms. The summed E-state index contributed by atoms with van der Waals surface area (Å²) in [6, 6.07) is 14.6. The Kier molecular flexibility index (Phi) is 6.68. The van der Waals surface area contributed by atoms with Gasteiger partial charge in [0.15, 0.2) is 0 Å². The fraction of sp³-hybridized carbons (Fsp3) is 0.211. The van der Waals surface area contributed by atoms with Gasteiger partial charge < -0.3 is 10.1 Å². The number of rotatable bonds is 8. The maximum atomic E-state index is 12.4. The molecule has 1 aromatic heterocycles. The van der Waals surface area contributed by atoms with Gasteiger partial charge in [0.05, 0.1) is 30.6 Å². The molecule has 140 valence electrons. The van der Waals surface area contributed by atoms with E-state index in [1.165, 1.54) is 6.33 Å². The lowest BCUT2D eigenvalue weighted by atomic mass is 10.1. The Hall–Kier alpha value is -2.57. The van der Waals surface area contributed by atoms with Crippen LogP contribution in [0.25, 0.3) is 0 Å². The minimum Gasteiger partial charge on any atom is -0.491 e. The molecule has 1 atom stereocenters. The number of ether oxygens (including phenoxy) is 1. The number of hydrogen-bond acceptors (Lipinski definition) is 4. The van der Waals surface area contributed by atoms with E-state index in [0.717, 1.165) is 5.56 Å². The van der Waals surface area contributed by atoms with Crippen LogP contribution in [0, 0.1) is 0 Å². The maximum Gasteiger partial charge on any atom is 0.223 e. The summed E-state index contributed by atoms with van der Waals surface area (Å²) < 4.78 is 7.26. The highest BCUT2D eigenvalue weighted by Gasteiger charge is 2.16. The SMILES string of the molecule is O=C(CCOc1cccc(Cl)c1Cl)NC(Cn1cncn1)c1ccccc1. The average molecular weight is 405 g/mol. The largest absolute Gasteiger partial charge is 0.491 e. The Morgan fingerprint density at radius 3 is 2.70 bits per heavy atom. The number of carbonyl (C=O) groups excluding carboxylic acids is 1. The van der Waals surface area contributed by atoms with Crippen LogP contribution in [-0.4, -0.2) is 27.3 Å². The summed E-state index contributed by atoms with van der Waals surface area (Å²) in [5.74, 6) is 0.321. The molecule has 0 fully saturated rings. The molecule has 0 bridgehead atoms. The van der Waals surface area contributed by atoms with Gasteiger partial charge in [-0.1, -0.05) is 59.6 Å². The van der Waals surface area contributed by atoms with E-state index in [9.17, 15) is 4.79 Å². The molecule has 6 nitrogen and oxygen atoms in total. The number of nitrogens with zero attached hydrogens (tertiary/aromatic N) is 3. The van der Waals surface area contributed by atoms with E-state index in [-0.39, 0.29) is 25.0 Å². The van der Waals surface area contributed by atoms with Crippen molar-refractivity contribution in [1.82, 2.24) is 20.1 Å². The van der Waals surface area contributed by atoms with Gasteiger partial charge in [-0.3, -0.25) is 9.48 Å². The molecule has 1 unspecified atom stereocenters. The van der Waals surface area contributed by atoms with Crippen molar-refractivity contribution in [1.29, 1.82) is 0 Å². The van der Waals surface area contributed by atoms with E-state index in [0.29, 0.717) is 22.3 Å². The fourth-order valence-corrected chi connectivity index (χ4v) is 2.90. The van der Waals surface area contributed by atoms with Crippen LogP contribution in [0.3, 0.4) is 0 Å². The molecule has 0 saturated heterocycles. The van der Waals surface area contributed by atoms with E-state index < -0.39 is 0 Å². The number of nitrogens with one attached hydrogen (secondary N) is 1. The van der Waals surface area contributed by atoms with E-state index in [2.05, 4.69) is 15.4 Å². The lowest BCUT2D eigenvalue weighted by Gasteiger charge is -2.19. The summed E-state index contributed by atoms with van der Waals surface area (Å²) in [4.78, 5) is 16.3. The van der Waals surface area contributed by atoms with Crippen LogP contribution in [0.1, 0.15) is 18.0 Å². The number of halogens is 2. The Balaban J connectivity index is 1.58. The Morgan fingerprint density at radius 2 is 1.96 bits per heavy atom. The summed E-state index contributed by atoms with van der Waals surface area (Å²) in [6.07, 6.45) is 3.27. The van der Waals surface area contributed by atoms with Gasteiger partial charge in [-0.15, -0.1) is 0 Å². The Morgan fingerprint density at radius 1 is 1.15 bits per heavy atom. The summed E-state index contributed by atoms with van der Waals surface area (Å²) in [5.41, 5.74) is 0.986. The smallest absolute Gasteiger partial charge is 0.223 e. The highest BCUT2D eigenvalue weighted by atomic mass is 35.5. The molecule has 2 aromatic carbocycles. The van der Waals surface area contributed by atoms with Gasteiger partial charge in [-0.05, 0) is 17.7 Å². The number of benzene rings is 2. The van der Waals surface area contributed by atoms with Crippen LogP contribution >= 0.6 is 23.2 Å². The second-order valence-corrected chi connectivity index (χ2v) is 6.58. The molecule has 1 heterocycles. The van der Waals surface area contributed by atoms with Crippen LogP contribution in [0.15, 0.2) is 61.2 Å². The summed E-state index contributed by atoms with van der Waals surface area (Å²) in [7, 11) is 0.